The Balaban J connectivity index is 2.86. The Morgan fingerprint density at radius 1 is 1.17 bits per heavy atom. The van der Waals surface area contributed by atoms with Crippen LogP contribution >= 0.6 is 11.8 Å². The van der Waals surface area contributed by atoms with Crippen LogP contribution in [-0.4, -0.2) is 11.0 Å². The molecule has 0 spiro atoms. The smallest absolute Gasteiger partial charge is 0.276 e. The van der Waals surface area contributed by atoms with E-state index in [2.05, 4.69) is 6.92 Å². The Kier molecular flexibility index (Phi) is 8.78. The summed E-state index contributed by atoms with van der Waals surface area (Å²) in [6.45, 7) is 2.21. The Morgan fingerprint density at radius 2 is 1.75 bits per heavy atom. The average molecular weight is 189 g/mol. The Hall–Kier alpha value is -0.180. The van der Waals surface area contributed by atoms with Gasteiger partial charge in [0, 0.05) is 5.75 Å². The monoisotopic (exact) mass is 189 g/mol. The summed E-state index contributed by atoms with van der Waals surface area (Å²) in [5.41, 5.74) is 4.98. The van der Waals surface area contributed by atoms with Crippen LogP contribution < -0.4 is 5.73 Å². The lowest BCUT2D eigenvalue weighted by Gasteiger charge is -1.98. The first-order chi connectivity index (χ1) is 5.77. The number of hydrogen-bond donors (Lipinski definition) is 1. The number of hydrogen-bond acceptors (Lipinski definition) is 2. The summed E-state index contributed by atoms with van der Waals surface area (Å²) in [4.78, 5) is 10.3. The molecule has 0 rings (SSSR count). The predicted molar refractivity (Wildman–Crippen MR) is 55.4 cm³/mol. The molecule has 0 saturated heterocycles. The molecular formula is C9H19NOS. The van der Waals surface area contributed by atoms with Crippen molar-refractivity contribution in [2.24, 2.45) is 5.73 Å². The van der Waals surface area contributed by atoms with E-state index in [4.69, 9.17) is 5.73 Å². The van der Waals surface area contributed by atoms with E-state index < -0.39 is 0 Å². The first-order valence-corrected chi connectivity index (χ1v) is 5.68. The zero-order valence-electron chi connectivity index (χ0n) is 7.84. The fourth-order valence-corrected chi connectivity index (χ4v) is 1.60. The van der Waals surface area contributed by atoms with Crippen molar-refractivity contribution in [1.82, 2.24) is 0 Å². The molecule has 0 bridgehead atoms. The van der Waals surface area contributed by atoms with Gasteiger partial charge in [-0.3, -0.25) is 4.79 Å². The van der Waals surface area contributed by atoms with E-state index in [1.54, 1.807) is 0 Å². The van der Waals surface area contributed by atoms with Crippen molar-refractivity contribution in [2.75, 3.05) is 5.75 Å². The van der Waals surface area contributed by atoms with Gasteiger partial charge in [-0.1, -0.05) is 50.8 Å². The van der Waals surface area contributed by atoms with Gasteiger partial charge in [-0.2, -0.15) is 0 Å². The molecule has 0 aliphatic rings. The predicted octanol–water partition coefficient (Wildman–Crippen LogP) is 3.16. The molecular weight excluding hydrogens is 170 g/mol. The molecule has 0 saturated carbocycles. The lowest BCUT2D eigenvalue weighted by atomic mass is 10.1. The van der Waals surface area contributed by atoms with Gasteiger partial charge in [0.05, 0.1) is 0 Å². The second-order valence-corrected chi connectivity index (χ2v) is 4.03. The van der Waals surface area contributed by atoms with Crippen LogP contribution in [0.2, 0.25) is 0 Å². The highest BCUT2D eigenvalue weighted by atomic mass is 32.2. The third kappa shape index (κ3) is 9.82. The van der Waals surface area contributed by atoms with Gasteiger partial charge in [0.25, 0.3) is 5.24 Å². The quantitative estimate of drug-likeness (QED) is 0.625. The van der Waals surface area contributed by atoms with Crippen molar-refractivity contribution in [2.45, 2.75) is 45.4 Å². The molecule has 3 heteroatoms. The molecule has 0 fully saturated rings. The van der Waals surface area contributed by atoms with Gasteiger partial charge in [-0.05, 0) is 6.42 Å². The van der Waals surface area contributed by atoms with Crippen molar-refractivity contribution in [3.63, 3.8) is 0 Å². The van der Waals surface area contributed by atoms with E-state index in [0.717, 1.165) is 12.2 Å². The summed E-state index contributed by atoms with van der Waals surface area (Å²) in [7, 11) is 0. The number of nitrogens with two attached hydrogens (primary N) is 1. The molecule has 0 unspecified atom stereocenters. The zero-order valence-corrected chi connectivity index (χ0v) is 8.66. The van der Waals surface area contributed by atoms with Crippen LogP contribution in [0, 0.1) is 0 Å². The minimum Gasteiger partial charge on any atom is -0.361 e. The van der Waals surface area contributed by atoms with Crippen LogP contribution in [0.4, 0.5) is 4.79 Å². The lowest BCUT2D eigenvalue weighted by molar-refractivity contribution is 0.267. The minimum atomic E-state index is -0.247. The van der Waals surface area contributed by atoms with Gasteiger partial charge < -0.3 is 5.73 Å². The third-order valence-corrected chi connectivity index (χ3v) is 2.52. The number of amides is 1. The molecule has 0 radical (unpaired) electrons. The van der Waals surface area contributed by atoms with E-state index >= 15 is 0 Å². The fraction of sp³-hybridized carbons (Fsp3) is 0.889. The second-order valence-electron chi connectivity index (χ2n) is 2.94. The molecule has 0 aliphatic carbocycles. The van der Waals surface area contributed by atoms with Gasteiger partial charge in [-0.25, -0.2) is 0 Å². The highest BCUT2D eigenvalue weighted by molar-refractivity contribution is 8.13. The zero-order chi connectivity index (χ0) is 9.23. The van der Waals surface area contributed by atoms with Crippen molar-refractivity contribution in [3.8, 4) is 0 Å². The largest absolute Gasteiger partial charge is 0.361 e. The van der Waals surface area contributed by atoms with Crippen LogP contribution in [0.25, 0.3) is 0 Å². The van der Waals surface area contributed by atoms with Crippen molar-refractivity contribution >= 4 is 17.0 Å². The summed E-state index contributed by atoms with van der Waals surface area (Å²) in [5.74, 6) is 0.890. The van der Waals surface area contributed by atoms with E-state index in [1.807, 2.05) is 0 Å². The maximum absolute atomic E-state index is 10.3. The van der Waals surface area contributed by atoms with Gasteiger partial charge >= 0.3 is 0 Å². The number of rotatable bonds is 7. The maximum Gasteiger partial charge on any atom is 0.276 e. The highest BCUT2D eigenvalue weighted by Gasteiger charge is 1.94. The summed E-state index contributed by atoms with van der Waals surface area (Å²) < 4.78 is 0. The molecule has 72 valence electrons. The number of carbonyl (C=O) groups excluding carboxylic acids is 1. The van der Waals surface area contributed by atoms with Crippen LogP contribution in [0.1, 0.15) is 45.4 Å². The highest BCUT2D eigenvalue weighted by Crippen LogP contribution is 2.09. The van der Waals surface area contributed by atoms with Crippen molar-refractivity contribution in [3.05, 3.63) is 0 Å². The molecule has 0 aromatic rings. The van der Waals surface area contributed by atoms with Crippen LogP contribution in [-0.2, 0) is 0 Å². The average Bonchev–Trinajstić information content (AvgIpc) is 2.02. The molecule has 1 amide bonds. The number of thioether (sulfide) groups is 1. The number of primary amides is 1. The standard InChI is InChI=1S/C9H19NOS/c1-2-3-4-5-6-7-8-12-9(10)11/h2-8H2,1H3,(H2,10,11). The molecule has 0 aromatic carbocycles. The van der Waals surface area contributed by atoms with Crippen LogP contribution in [0.15, 0.2) is 0 Å². The van der Waals surface area contributed by atoms with E-state index in [9.17, 15) is 4.79 Å². The summed E-state index contributed by atoms with van der Waals surface area (Å²) in [5, 5.41) is -0.247. The third-order valence-electron chi connectivity index (χ3n) is 1.74. The fourth-order valence-electron chi connectivity index (χ4n) is 1.06. The van der Waals surface area contributed by atoms with Gasteiger partial charge in [0.2, 0.25) is 0 Å². The first kappa shape index (κ1) is 11.8. The summed E-state index contributed by atoms with van der Waals surface area (Å²) in [6.07, 6.45) is 7.61. The Bertz CT molecular complexity index is 117. The molecule has 0 atom stereocenters. The molecule has 2 N–H and O–H groups in total. The summed E-state index contributed by atoms with van der Waals surface area (Å²) >= 11 is 1.23. The Labute approximate surface area is 79.3 Å². The van der Waals surface area contributed by atoms with E-state index in [-0.39, 0.29) is 5.24 Å². The first-order valence-electron chi connectivity index (χ1n) is 4.69. The summed E-state index contributed by atoms with van der Waals surface area (Å²) in [6, 6.07) is 0. The topological polar surface area (TPSA) is 43.1 Å². The van der Waals surface area contributed by atoms with E-state index in [1.165, 1.54) is 43.9 Å². The van der Waals surface area contributed by atoms with Crippen molar-refractivity contribution < 1.29 is 4.79 Å². The number of unbranched alkanes of at least 4 members (excludes halogenated alkanes) is 5. The SMILES string of the molecule is CCCCCCCCSC(N)=O. The lowest BCUT2D eigenvalue weighted by Crippen LogP contribution is -2.02. The van der Waals surface area contributed by atoms with Gasteiger partial charge in [0.1, 0.15) is 0 Å². The van der Waals surface area contributed by atoms with Gasteiger partial charge in [-0.15, -0.1) is 0 Å². The minimum absolute atomic E-state index is 0.247. The second kappa shape index (κ2) is 8.91. The molecule has 12 heavy (non-hydrogen) atoms. The van der Waals surface area contributed by atoms with Crippen molar-refractivity contribution in [1.29, 1.82) is 0 Å². The van der Waals surface area contributed by atoms with E-state index in [0.29, 0.717) is 0 Å². The molecule has 0 heterocycles. The van der Waals surface area contributed by atoms with Crippen LogP contribution in [0.5, 0.6) is 0 Å². The van der Waals surface area contributed by atoms with Crippen LogP contribution in [0.3, 0.4) is 0 Å². The van der Waals surface area contributed by atoms with Gasteiger partial charge in [0.15, 0.2) is 0 Å². The Morgan fingerprint density at radius 3 is 2.33 bits per heavy atom. The number of carbonyl (C=O) groups is 1. The normalized spacial score (nSPS) is 10.1. The molecule has 0 aromatic heterocycles. The maximum atomic E-state index is 10.3. The molecule has 0 aliphatic heterocycles. The molecule has 2 nitrogen and oxygen atoms in total.